The lowest BCUT2D eigenvalue weighted by Crippen LogP contribution is -2.34. The first-order chi connectivity index (χ1) is 16.5. The molecule has 180 valence electrons. The summed E-state index contributed by atoms with van der Waals surface area (Å²) in [5.41, 5.74) is 3.85. The number of anilines is 1. The summed E-state index contributed by atoms with van der Waals surface area (Å²) < 4.78 is 1.78. The molecule has 4 rings (SSSR count). The molecule has 2 amide bonds. The second kappa shape index (κ2) is 9.72. The van der Waals surface area contributed by atoms with Gasteiger partial charge in [0, 0.05) is 22.4 Å². The number of amides is 2. The van der Waals surface area contributed by atoms with E-state index in [1.165, 1.54) is 0 Å². The minimum Gasteiger partial charge on any atom is -0.352 e. The molecule has 0 radical (unpaired) electrons. The molecule has 8 heteroatoms. The first-order valence-electron chi connectivity index (χ1n) is 11.2. The lowest BCUT2D eigenvalue weighted by atomic mass is 9.95. The standard InChI is InChI=1S/C27H26Cl2N4O2/c1-16-8-10-18(13-22(16)29)33-24-7-5-6-23(20(24)15-31-33)32-25(34)19-12-17(9-11-21(19)28)14-30-26(35)27(2,3)4/h5-13,15H,14H2,1-4H3,(H,30,35)(H,32,34). The van der Waals surface area contributed by atoms with E-state index >= 15 is 0 Å². The number of nitrogens with one attached hydrogen (secondary N) is 2. The van der Waals surface area contributed by atoms with Crippen molar-refractivity contribution in [3.63, 3.8) is 0 Å². The van der Waals surface area contributed by atoms with Crippen LogP contribution in [0.3, 0.4) is 0 Å². The highest BCUT2D eigenvalue weighted by molar-refractivity contribution is 6.34. The molecule has 1 heterocycles. The lowest BCUT2D eigenvalue weighted by Gasteiger charge is -2.18. The van der Waals surface area contributed by atoms with Crippen molar-refractivity contribution in [2.24, 2.45) is 5.41 Å². The van der Waals surface area contributed by atoms with Crippen molar-refractivity contribution in [1.82, 2.24) is 15.1 Å². The van der Waals surface area contributed by atoms with Crippen LogP contribution in [0.15, 0.2) is 60.8 Å². The van der Waals surface area contributed by atoms with Crippen molar-refractivity contribution in [3.8, 4) is 5.69 Å². The molecule has 0 saturated carbocycles. The molecule has 0 saturated heterocycles. The fourth-order valence-electron chi connectivity index (χ4n) is 3.57. The Bertz CT molecular complexity index is 1440. The van der Waals surface area contributed by atoms with Gasteiger partial charge in [-0.3, -0.25) is 9.59 Å². The number of hydrogen-bond acceptors (Lipinski definition) is 3. The van der Waals surface area contributed by atoms with E-state index < -0.39 is 5.41 Å². The predicted molar refractivity (Wildman–Crippen MR) is 142 cm³/mol. The Morgan fingerprint density at radius 3 is 2.49 bits per heavy atom. The maximum absolute atomic E-state index is 13.2. The number of carbonyl (C=O) groups is 2. The second-order valence-electron chi connectivity index (χ2n) is 9.43. The Balaban J connectivity index is 1.59. The van der Waals surface area contributed by atoms with Gasteiger partial charge in [0.2, 0.25) is 5.91 Å². The molecule has 0 aliphatic carbocycles. The Morgan fingerprint density at radius 2 is 1.77 bits per heavy atom. The average Bonchev–Trinajstić information content (AvgIpc) is 3.24. The SMILES string of the molecule is Cc1ccc(-n2ncc3c(NC(=O)c4cc(CNC(=O)C(C)(C)C)ccc4Cl)cccc32)cc1Cl. The Labute approximate surface area is 214 Å². The van der Waals surface area contributed by atoms with Gasteiger partial charge in [0.1, 0.15) is 0 Å². The molecule has 6 nitrogen and oxygen atoms in total. The van der Waals surface area contributed by atoms with E-state index in [-0.39, 0.29) is 11.8 Å². The first-order valence-corrected chi connectivity index (χ1v) is 11.9. The average molecular weight is 509 g/mol. The molecule has 35 heavy (non-hydrogen) atoms. The van der Waals surface area contributed by atoms with Gasteiger partial charge >= 0.3 is 0 Å². The van der Waals surface area contributed by atoms with Crippen LogP contribution in [0.5, 0.6) is 0 Å². The number of hydrogen-bond donors (Lipinski definition) is 2. The number of halogens is 2. The molecule has 3 aromatic carbocycles. The van der Waals surface area contributed by atoms with Crippen LogP contribution in [-0.4, -0.2) is 21.6 Å². The third kappa shape index (κ3) is 5.34. The third-order valence-corrected chi connectivity index (χ3v) is 6.41. The maximum Gasteiger partial charge on any atom is 0.257 e. The second-order valence-corrected chi connectivity index (χ2v) is 10.2. The number of benzene rings is 3. The molecule has 1 aromatic heterocycles. The quantitative estimate of drug-likeness (QED) is 0.320. The summed E-state index contributed by atoms with van der Waals surface area (Å²) in [6, 6.07) is 16.5. The molecule has 0 bridgehead atoms. The van der Waals surface area contributed by atoms with E-state index in [2.05, 4.69) is 15.7 Å². The smallest absolute Gasteiger partial charge is 0.257 e. The van der Waals surface area contributed by atoms with Crippen molar-refractivity contribution >= 4 is 51.6 Å². The fourth-order valence-corrected chi connectivity index (χ4v) is 3.95. The molecular formula is C27H26Cl2N4O2. The molecule has 2 N–H and O–H groups in total. The van der Waals surface area contributed by atoms with Gasteiger partial charge in [-0.05, 0) is 54.4 Å². The van der Waals surface area contributed by atoms with Gasteiger partial charge < -0.3 is 10.6 Å². The zero-order valence-corrected chi connectivity index (χ0v) is 21.5. The van der Waals surface area contributed by atoms with Gasteiger partial charge in [-0.2, -0.15) is 5.10 Å². The minimum absolute atomic E-state index is 0.0722. The summed E-state index contributed by atoms with van der Waals surface area (Å²) in [5, 5.41) is 12.1. The molecular weight excluding hydrogens is 483 g/mol. The van der Waals surface area contributed by atoms with E-state index in [1.807, 2.05) is 64.1 Å². The molecule has 0 unspecified atom stereocenters. The van der Waals surface area contributed by atoms with Gasteiger partial charge in [-0.25, -0.2) is 4.68 Å². The number of rotatable bonds is 5. The normalized spacial score (nSPS) is 11.5. The number of aryl methyl sites for hydroxylation is 1. The van der Waals surface area contributed by atoms with Gasteiger partial charge in [-0.15, -0.1) is 0 Å². The van der Waals surface area contributed by atoms with Crippen LogP contribution in [0.4, 0.5) is 5.69 Å². The summed E-state index contributed by atoms with van der Waals surface area (Å²) >= 11 is 12.7. The van der Waals surface area contributed by atoms with Gasteiger partial charge in [-0.1, -0.05) is 62.2 Å². The lowest BCUT2D eigenvalue weighted by molar-refractivity contribution is -0.128. The molecule has 0 spiro atoms. The summed E-state index contributed by atoms with van der Waals surface area (Å²) in [6.45, 7) is 7.78. The summed E-state index contributed by atoms with van der Waals surface area (Å²) in [7, 11) is 0. The van der Waals surface area contributed by atoms with E-state index in [1.54, 1.807) is 29.1 Å². The zero-order valence-electron chi connectivity index (χ0n) is 19.9. The maximum atomic E-state index is 13.2. The minimum atomic E-state index is -0.500. The Morgan fingerprint density at radius 1 is 1.00 bits per heavy atom. The molecule has 0 atom stereocenters. The van der Waals surface area contributed by atoms with E-state index in [4.69, 9.17) is 23.2 Å². The predicted octanol–water partition coefficient (Wildman–Crippen LogP) is 6.56. The number of fused-ring (bicyclic) bond motifs is 1. The van der Waals surface area contributed by atoms with E-state index in [0.29, 0.717) is 27.8 Å². The van der Waals surface area contributed by atoms with Crippen molar-refractivity contribution in [2.75, 3.05) is 5.32 Å². The Kier molecular flexibility index (Phi) is 6.88. The number of carbonyl (C=O) groups excluding carboxylic acids is 2. The molecule has 0 fully saturated rings. The molecule has 0 aliphatic rings. The van der Waals surface area contributed by atoms with Gasteiger partial charge in [0.05, 0.1) is 33.7 Å². The van der Waals surface area contributed by atoms with Crippen LogP contribution in [-0.2, 0) is 11.3 Å². The van der Waals surface area contributed by atoms with Gasteiger partial charge in [0.15, 0.2) is 0 Å². The first kappa shape index (κ1) is 24.8. The highest BCUT2D eigenvalue weighted by Gasteiger charge is 2.21. The van der Waals surface area contributed by atoms with Crippen molar-refractivity contribution in [2.45, 2.75) is 34.2 Å². The zero-order chi connectivity index (χ0) is 25.3. The highest BCUT2D eigenvalue weighted by atomic mass is 35.5. The molecule has 0 aliphatic heterocycles. The van der Waals surface area contributed by atoms with Crippen molar-refractivity contribution in [1.29, 1.82) is 0 Å². The monoisotopic (exact) mass is 508 g/mol. The van der Waals surface area contributed by atoms with Crippen LogP contribution < -0.4 is 10.6 Å². The summed E-state index contributed by atoms with van der Waals surface area (Å²) in [6.07, 6.45) is 1.71. The molecule has 4 aromatic rings. The van der Waals surface area contributed by atoms with Crippen LogP contribution in [0.1, 0.15) is 42.3 Å². The topological polar surface area (TPSA) is 76.0 Å². The van der Waals surface area contributed by atoms with Gasteiger partial charge in [0.25, 0.3) is 5.91 Å². The highest BCUT2D eigenvalue weighted by Crippen LogP contribution is 2.28. The largest absolute Gasteiger partial charge is 0.352 e. The van der Waals surface area contributed by atoms with E-state index in [0.717, 1.165) is 27.7 Å². The van der Waals surface area contributed by atoms with Crippen LogP contribution in [0.2, 0.25) is 10.0 Å². The Hall–Kier alpha value is -3.35. The van der Waals surface area contributed by atoms with Crippen LogP contribution in [0.25, 0.3) is 16.6 Å². The summed E-state index contributed by atoms with van der Waals surface area (Å²) in [5.74, 6) is -0.422. The van der Waals surface area contributed by atoms with Crippen LogP contribution in [0, 0.1) is 12.3 Å². The van der Waals surface area contributed by atoms with Crippen LogP contribution >= 0.6 is 23.2 Å². The van der Waals surface area contributed by atoms with E-state index in [9.17, 15) is 9.59 Å². The number of nitrogens with zero attached hydrogens (tertiary/aromatic N) is 2. The fraction of sp³-hybridized carbons (Fsp3) is 0.222. The number of aromatic nitrogens is 2. The summed E-state index contributed by atoms with van der Waals surface area (Å²) in [4.78, 5) is 25.4. The van der Waals surface area contributed by atoms with Crippen molar-refractivity contribution < 1.29 is 9.59 Å². The third-order valence-electron chi connectivity index (χ3n) is 5.67. The van der Waals surface area contributed by atoms with Crippen molar-refractivity contribution in [3.05, 3.63) is 87.5 Å².